The Balaban J connectivity index is 1.59. The SMILES string of the molecule is C[C@H]1CCCN1C(=O)c1ccc(-c2ccc3c(c2)OCCO3)s1. The van der Waals surface area contributed by atoms with Crippen molar-refractivity contribution in [3.63, 3.8) is 0 Å². The van der Waals surface area contributed by atoms with Gasteiger partial charge in [-0.2, -0.15) is 0 Å². The van der Waals surface area contributed by atoms with Gasteiger partial charge >= 0.3 is 0 Å². The summed E-state index contributed by atoms with van der Waals surface area (Å²) in [7, 11) is 0. The van der Waals surface area contributed by atoms with E-state index in [4.69, 9.17) is 9.47 Å². The molecule has 2 aliphatic heterocycles. The van der Waals surface area contributed by atoms with Crippen LogP contribution < -0.4 is 9.47 Å². The lowest BCUT2D eigenvalue weighted by molar-refractivity contribution is 0.0752. The van der Waals surface area contributed by atoms with Crippen LogP contribution in [0, 0.1) is 0 Å². The van der Waals surface area contributed by atoms with Gasteiger partial charge in [0.05, 0.1) is 4.88 Å². The molecule has 1 atom stereocenters. The van der Waals surface area contributed by atoms with Crippen LogP contribution in [0.4, 0.5) is 0 Å². The molecule has 120 valence electrons. The lowest BCUT2D eigenvalue weighted by atomic mass is 10.1. The molecule has 0 N–H and O–H groups in total. The summed E-state index contributed by atoms with van der Waals surface area (Å²) in [6.07, 6.45) is 2.21. The molecule has 0 unspecified atom stereocenters. The Morgan fingerprint density at radius 2 is 2.00 bits per heavy atom. The van der Waals surface area contributed by atoms with E-state index in [1.54, 1.807) is 11.3 Å². The number of benzene rings is 1. The maximum absolute atomic E-state index is 12.6. The number of carbonyl (C=O) groups excluding carboxylic acids is 1. The molecular formula is C18H19NO3S. The molecule has 1 aromatic heterocycles. The van der Waals surface area contributed by atoms with Gasteiger partial charge in [0.25, 0.3) is 5.91 Å². The summed E-state index contributed by atoms with van der Waals surface area (Å²) in [6, 6.07) is 10.3. The minimum atomic E-state index is 0.156. The first-order valence-corrected chi connectivity index (χ1v) is 8.85. The van der Waals surface area contributed by atoms with Crippen molar-refractivity contribution in [1.29, 1.82) is 0 Å². The highest BCUT2D eigenvalue weighted by Crippen LogP contribution is 2.37. The number of hydrogen-bond acceptors (Lipinski definition) is 4. The summed E-state index contributed by atoms with van der Waals surface area (Å²) in [6.45, 7) is 4.17. The molecule has 23 heavy (non-hydrogen) atoms. The zero-order valence-corrected chi connectivity index (χ0v) is 13.9. The van der Waals surface area contributed by atoms with Crippen LogP contribution in [0.3, 0.4) is 0 Å². The molecule has 0 radical (unpaired) electrons. The highest BCUT2D eigenvalue weighted by Gasteiger charge is 2.27. The van der Waals surface area contributed by atoms with Crippen molar-refractivity contribution in [2.75, 3.05) is 19.8 Å². The Hall–Kier alpha value is -2.01. The van der Waals surface area contributed by atoms with Crippen LogP contribution in [-0.2, 0) is 0 Å². The molecule has 0 saturated carbocycles. The molecule has 2 aromatic rings. The van der Waals surface area contributed by atoms with Crippen LogP contribution in [0.5, 0.6) is 11.5 Å². The average molecular weight is 329 g/mol. The van der Waals surface area contributed by atoms with Gasteiger partial charge in [0.2, 0.25) is 0 Å². The fourth-order valence-corrected chi connectivity index (χ4v) is 4.14. The van der Waals surface area contributed by atoms with E-state index >= 15 is 0 Å². The smallest absolute Gasteiger partial charge is 0.264 e. The fraction of sp³-hybridized carbons (Fsp3) is 0.389. The Labute approximate surface area is 139 Å². The van der Waals surface area contributed by atoms with Crippen LogP contribution >= 0.6 is 11.3 Å². The highest BCUT2D eigenvalue weighted by atomic mass is 32.1. The summed E-state index contributed by atoms with van der Waals surface area (Å²) in [5.41, 5.74) is 1.06. The van der Waals surface area contributed by atoms with Crippen LogP contribution in [0.25, 0.3) is 10.4 Å². The quantitative estimate of drug-likeness (QED) is 0.841. The first-order valence-electron chi connectivity index (χ1n) is 8.03. The molecule has 0 spiro atoms. The minimum Gasteiger partial charge on any atom is -0.486 e. The summed E-state index contributed by atoms with van der Waals surface area (Å²) >= 11 is 1.55. The van der Waals surface area contributed by atoms with Gasteiger partial charge in [0.15, 0.2) is 11.5 Å². The highest BCUT2D eigenvalue weighted by molar-refractivity contribution is 7.17. The van der Waals surface area contributed by atoms with E-state index in [1.165, 1.54) is 0 Å². The summed E-state index contributed by atoms with van der Waals surface area (Å²) in [4.78, 5) is 16.5. The van der Waals surface area contributed by atoms with Gasteiger partial charge < -0.3 is 14.4 Å². The first kappa shape index (κ1) is 14.6. The van der Waals surface area contributed by atoms with E-state index in [9.17, 15) is 4.79 Å². The standard InChI is InChI=1S/C18H19NO3S/c1-12-3-2-8-19(12)18(20)17-7-6-16(23-17)13-4-5-14-15(11-13)22-10-9-21-14/h4-7,11-12H,2-3,8-10H2,1H3/t12-/m0/s1. The normalized spacial score (nSPS) is 19.9. The molecule has 1 fully saturated rings. The first-order chi connectivity index (χ1) is 11.2. The van der Waals surface area contributed by atoms with E-state index in [2.05, 4.69) is 6.92 Å². The molecular weight excluding hydrogens is 310 g/mol. The monoisotopic (exact) mass is 329 g/mol. The zero-order valence-electron chi connectivity index (χ0n) is 13.1. The molecule has 2 aliphatic rings. The third-order valence-electron chi connectivity index (χ3n) is 4.46. The van der Waals surface area contributed by atoms with Crippen molar-refractivity contribution in [2.45, 2.75) is 25.8 Å². The predicted molar refractivity (Wildman–Crippen MR) is 90.5 cm³/mol. The Bertz CT molecular complexity index is 740. The molecule has 0 aliphatic carbocycles. The van der Waals surface area contributed by atoms with Gasteiger partial charge in [0.1, 0.15) is 13.2 Å². The second-order valence-electron chi connectivity index (χ2n) is 6.01. The third-order valence-corrected chi connectivity index (χ3v) is 5.58. The predicted octanol–water partition coefficient (Wildman–Crippen LogP) is 3.81. The molecule has 5 heteroatoms. The van der Waals surface area contributed by atoms with E-state index in [0.717, 1.165) is 46.2 Å². The van der Waals surface area contributed by atoms with Gasteiger partial charge in [-0.15, -0.1) is 11.3 Å². The van der Waals surface area contributed by atoms with Gasteiger partial charge in [-0.25, -0.2) is 0 Å². The zero-order chi connectivity index (χ0) is 15.8. The molecule has 1 saturated heterocycles. The number of rotatable bonds is 2. The molecule has 1 amide bonds. The summed E-state index contributed by atoms with van der Waals surface area (Å²) < 4.78 is 11.2. The lowest BCUT2D eigenvalue weighted by Crippen LogP contribution is -2.32. The summed E-state index contributed by atoms with van der Waals surface area (Å²) in [5, 5.41) is 0. The number of likely N-dealkylation sites (tertiary alicyclic amines) is 1. The van der Waals surface area contributed by atoms with Crippen molar-refractivity contribution in [3.8, 4) is 21.9 Å². The maximum atomic E-state index is 12.6. The van der Waals surface area contributed by atoms with Gasteiger partial charge in [-0.1, -0.05) is 0 Å². The molecule has 1 aromatic carbocycles. The largest absolute Gasteiger partial charge is 0.486 e. The third kappa shape index (κ3) is 2.70. The van der Waals surface area contributed by atoms with E-state index < -0.39 is 0 Å². The molecule has 0 bridgehead atoms. The summed E-state index contributed by atoms with van der Waals surface area (Å²) in [5.74, 6) is 1.73. The van der Waals surface area contributed by atoms with Gasteiger partial charge in [-0.3, -0.25) is 4.79 Å². The molecule has 3 heterocycles. The second-order valence-corrected chi connectivity index (χ2v) is 7.10. The number of carbonyl (C=O) groups is 1. The van der Waals surface area contributed by atoms with E-state index in [0.29, 0.717) is 19.3 Å². The van der Waals surface area contributed by atoms with Crippen LogP contribution in [0.2, 0.25) is 0 Å². The maximum Gasteiger partial charge on any atom is 0.264 e. The van der Waals surface area contributed by atoms with Gasteiger partial charge in [0, 0.05) is 17.5 Å². The Morgan fingerprint density at radius 1 is 1.17 bits per heavy atom. The van der Waals surface area contributed by atoms with Crippen LogP contribution in [0.15, 0.2) is 30.3 Å². The van der Waals surface area contributed by atoms with Gasteiger partial charge in [-0.05, 0) is 55.7 Å². The lowest BCUT2D eigenvalue weighted by Gasteiger charge is -2.20. The average Bonchev–Trinajstić information content (AvgIpc) is 3.23. The van der Waals surface area contributed by atoms with E-state index in [-0.39, 0.29) is 5.91 Å². The minimum absolute atomic E-state index is 0.156. The van der Waals surface area contributed by atoms with Crippen molar-refractivity contribution in [3.05, 3.63) is 35.2 Å². The molecule has 4 rings (SSSR count). The fourth-order valence-electron chi connectivity index (χ4n) is 3.18. The Kier molecular flexibility index (Phi) is 3.73. The number of nitrogens with zero attached hydrogens (tertiary/aromatic N) is 1. The number of fused-ring (bicyclic) bond motifs is 1. The van der Waals surface area contributed by atoms with Crippen LogP contribution in [0.1, 0.15) is 29.4 Å². The van der Waals surface area contributed by atoms with Crippen molar-refractivity contribution >= 4 is 17.2 Å². The topological polar surface area (TPSA) is 38.8 Å². The number of amides is 1. The number of ether oxygens (including phenoxy) is 2. The van der Waals surface area contributed by atoms with Crippen molar-refractivity contribution < 1.29 is 14.3 Å². The number of hydrogen-bond donors (Lipinski definition) is 0. The van der Waals surface area contributed by atoms with Crippen LogP contribution in [-0.4, -0.2) is 36.6 Å². The van der Waals surface area contributed by atoms with Crippen molar-refractivity contribution in [2.24, 2.45) is 0 Å². The Morgan fingerprint density at radius 3 is 2.78 bits per heavy atom. The molecule has 4 nitrogen and oxygen atoms in total. The second kappa shape index (κ2) is 5.89. The van der Waals surface area contributed by atoms with Crippen molar-refractivity contribution in [1.82, 2.24) is 4.90 Å². The van der Waals surface area contributed by atoms with E-state index in [1.807, 2.05) is 35.2 Å². The number of thiophene rings is 1.